The van der Waals surface area contributed by atoms with Gasteiger partial charge >= 0.3 is 0 Å². The smallest absolute Gasteiger partial charge is 0.191 e. The van der Waals surface area contributed by atoms with E-state index in [-0.39, 0.29) is 29.7 Å². The predicted molar refractivity (Wildman–Crippen MR) is 123 cm³/mol. The van der Waals surface area contributed by atoms with Gasteiger partial charge in [0.15, 0.2) is 17.5 Å². The van der Waals surface area contributed by atoms with Crippen molar-refractivity contribution in [1.82, 2.24) is 15.5 Å². The molecule has 2 rings (SSSR count). The van der Waals surface area contributed by atoms with Crippen LogP contribution in [0.4, 0.5) is 0 Å². The van der Waals surface area contributed by atoms with Crippen LogP contribution in [0, 0.1) is 0 Å². The number of piperidine rings is 1. The maximum Gasteiger partial charge on any atom is 0.191 e. The second kappa shape index (κ2) is 12.8. The molecule has 152 valence electrons. The summed E-state index contributed by atoms with van der Waals surface area (Å²) in [6.07, 6.45) is 5.00. The van der Waals surface area contributed by atoms with Crippen LogP contribution in [0.25, 0.3) is 0 Å². The number of phenols is 1. The third-order valence-corrected chi connectivity index (χ3v) is 4.57. The van der Waals surface area contributed by atoms with Gasteiger partial charge in [-0.2, -0.15) is 0 Å². The van der Waals surface area contributed by atoms with E-state index in [0.717, 1.165) is 57.0 Å². The van der Waals surface area contributed by atoms with E-state index < -0.39 is 0 Å². The molecule has 6 nitrogen and oxygen atoms in total. The molecule has 0 amide bonds. The highest BCUT2D eigenvalue weighted by Crippen LogP contribution is 2.26. The van der Waals surface area contributed by atoms with Gasteiger partial charge in [-0.05, 0) is 43.9 Å². The number of nitrogens with zero attached hydrogens (tertiary/aromatic N) is 2. The van der Waals surface area contributed by atoms with Gasteiger partial charge in [-0.15, -0.1) is 30.6 Å². The topological polar surface area (TPSA) is 69.1 Å². The molecule has 1 saturated heterocycles. The summed E-state index contributed by atoms with van der Waals surface area (Å²) in [5, 5.41) is 16.6. The van der Waals surface area contributed by atoms with E-state index in [1.807, 2.05) is 18.2 Å². The maximum absolute atomic E-state index is 9.67. The fourth-order valence-corrected chi connectivity index (χ4v) is 3.13. The van der Waals surface area contributed by atoms with Crippen LogP contribution in [0.2, 0.25) is 0 Å². The highest BCUT2D eigenvalue weighted by molar-refractivity contribution is 14.0. The van der Waals surface area contributed by atoms with E-state index in [1.165, 1.54) is 0 Å². The van der Waals surface area contributed by atoms with Crippen molar-refractivity contribution in [2.75, 3.05) is 39.8 Å². The van der Waals surface area contributed by atoms with Gasteiger partial charge in [0.25, 0.3) is 0 Å². The van der Waals surface area contributed by atoms with Crippen LogP contribution in [0.1, 0.15) is 25.3 Å². The molecule has 0 bridgehead atoms. The van der Waals surface area contributed by atoms with E-state index in [4.69, 9.17) is 9.73 Å². The lowest BCUT2D eigenvalue weighted by Gasteiger charge is -2.32. The Morgan fingerprint density at radius 2 is 2.15 bits per heavy atom. The van der Waals surface area contributed by atoms with Crippen molar-refractivity contribution in [2.24, 2.45) is 4.99 Å². The molecule has 1 fully saturated rings. The number of methoxy groups -OCH3 is 1. The van der Waals surface area contributed by atoms with Crippen LogP contribution >= 0.6 is 24.0 Å². The number of hydrogen-bond acceptors (Lipinski definition) is 4. The van der Waals surface area contributed by atoms with Crippen molar-refractivity contribution in [3.05, 3.63) is 36.4 Å². The molecule has 3 N–H and O–H groups in total. The normalized spacial score (nSPS) is 15.7. The molecule has 0 unspecified atom stereocenters. The molecule has 0 saturated carbocycles. The quantitative estimate of drug-likeness (QED) is 0.227. The minimum atomic E-state index is 0. The summed E-state index contributed by atoms with van der Waals surface area (Å²) in [5.74, 6) is 1.54. The maximum atomic E-state index is 9.67. The number of benzene rings is 1. The Bertz CT molecular complexity index is 602. The highest BCUT2D eigenvalue weighted by atomic mass is 127. The molecular formula is C20H33IN4O2. The lowest BCUT2D eigenvalue weighted by molar-refractivity contribution is 0.225. The third kappa shape index (κ3) is 7.96. The Morgan fingerprint density at radius 3 is 2.78 bits per heavy atom. The number of phenolic OH excluding ortho intramolecular Hbond substituents is 1. The lowest BCUT2D eigenvalue weighted by Crippen LogP contribution is -2.48. The van der Waals surface area contributed by atoms with Crippen LogP contribution in [0.15, 0.2) is 35.8 Å². The molecule has 0 radical (unpaired) electrons. The summed E-state index contributed by atoms with van der Waals surface area (Å²) in [6, 6.07) is 5.89. The first-order valence-corrected chi connectivity index (χ1v) is 9.40. The van der Waals surface area contributed by atoms with Crippen LogP contribution in [0.3, 0.4) is 0 Å². The predicted octanol–water partition coefficient (Wildman–Crippen LogP) is 2.77. The molecule has 1 aromatic carbocycles. The van der Waals surface area contributed by atoms with Gasteiger partial charge in [0.2, 0.25) is 0 Å². The third-order valence-electron chi connectivity index (χ3n) is 4.57. The Hall–Kier alpha value is -1.48. The second-order valence-corrected chi connectivity index (χ2v) is 6.52. The summed E-state index contributed by atoms with van der Waals surface area (Å²) in [4.78, 5) is 7.12. The number of guanidine groups is 1. The Morgan fingerprint density at radius 1 is 1.41 bits per heavy atom. The fraction of sp³-hybridized carbons (Fsp3) is 0.550. The summed E-state index contributed by atoms with van der Waals surface area (Å²) in [7, 11) is 1.56. The summed E-state index contributed by atoms with van der Waals surface area (Å²) in [6.45, 7) is 10.6. The first-order valence-electron chi connectivity index (χ1n) is 9.40. The molecule has 1 heterocycles. The number of rotatable bonds is 8. The van der Waals surface area contributed by atoms with Gasteiger partial charge in [0.1, 0.15) is 0 Å². The zero-order valence-electron chi connectivity index (χ0n) is 16.4. The average molecular weight is 488 g/mol. The van der Waals surface area contributed by atoms with E-state index in [1.54, 1.807) is 13.2 Å². The molecule has 1 aliphatic rings. The van der Waals surface area contributed by atoms with Gasteiger partial charge < -0.3 is 20.5 Å². The van der Waals surface area contributed by atoms with Crippen LogP contribution in [-0.4, -0.2) is 61.8 Å². The van der Waals surface area contributed by atoms with Crippen molar-refractivity contribution in [1.29, 1.82) is 0 Å². The SMILES string of the molecule is C=CCN1CCC(NC(=NCCc2ccc(O)c(OC)c2)NCC)CC1.I. The molecule has 7 heteroatoms. The second-order valence-electron chi connectivity index (χ2n) is 6.52. The zero-order valence-corrected chi connectivity index (χ0v) is 18.7. The molecule has 1 aromatic rings. The van der Waals surface area contributed by atoms with Crippen molar-refractivity contribution in [3.8, 4) is 11.5 Å². The lowest BCUT2D eigenvalue weighted by atomic mass is 10.1. The van der Waals surface area contributed by atoms with E-state index >= 15 is 0 Å². The molecule has 1 aliphatic heterocycles. The molecule has 0 spiro atoms. The average Bonchev–Trinajstić information content (AvgIpc) is 2.65. The van der Waals surface area contributed by atoms with E-state index in [0.29, 0.717) is 18.3 Å². The number of ether oxygens (including phenoxy) is 1. The Labute approximate surface area is 180 Å². The van der Waals surface area contributed by atoms with E-state index in [9.17, 15) is 5.11 Å². The van der Waals surface area contributed by atoms with Gasteiger partial charge in [-0.1, -0.05) is 12.1 Å². The number of aliphatic imine (C=N–C) groups is 1. The monoisotopic (exact) mass is 488 g/mol. The molecule has 0 atom stereocenters. The molecular weight excluding hydrogens is 455 g/mol. The van der Waals surface area contributed by atoms with Crippen LogP contribution in [-0.2, 0) is 6.42 Å². The summed E-state index contributed by atoms with van der Waals surface area (Å²) in [5.41, 5.74) is 1.09. The summed E-state index contributed by atoms with van der Waals surface area (Å²) >= 11 is 0. The molecule has 0 aromatic heterocycles. The summed E-state index contributed by atoms with van der Waals surface area (Å²) < 4.78 is 5.16. The van der Waals surface area contributed by atoms with Crippen LogP contribution in [0.5, 0.6) is 11.5 Å². The van der Waals surface area contributed by atoms with Crippen molar-refractivity contribution in [3.63, 3.8) is 0 Å². The Balaban J connectivity index is 0.00000364. The van der Waals surface area contributed by atoms with Gasteiger partial charge in [-0.25, -0.2) is 0 Å². The number of aromatic hydroxyl groups is 1. The van der Waals surface area contributed by atoms with Gasteiger partial charge in [0.05, 0.1) is 7.11 Å². The van der Waals surface area contributed by atoms with Gasteiger partial charge in [-0.3, -0.25) is 9.89 Å². The number of likely N-dealkylation sites (tertiary alicyclic amines) is 1. The van der Waals surface area contributed by atoms with Gasteiger partial charge in [0, 0.05) is 38.8 Å². The molecule has 27 heavy (non-hydrogen) atoms. The van der Waals surface area contributed by atoms with Crippen molar-refractivity contribution >= 4 is 29.9 Å². The highest BCUT2D eigenvalue weighted by Gasteiger charge is 2.18. The fourth-order valence-electron chi connectivity index (χ4n) is 3.13. The van der Waals surface area contributed by atoms with E-state index in [2.05, 4.69) is 29.0 Å². The Kier molecular flexibility index (Phi) is 11.2. The number of nitrogens with one attached hydrogen (secondary N) is 2. The van der Waals surface area contributed by atoms with Crippen molar-refractivity contribution < 1.29 is 9.84 Å². The minimum absolute atomic E-state index is 0. The minimum Gasteiger partial charge on any atom is -0.504 e. The standard InChI is InChI=1S/C20H32N4O2.HI/c1-4-12-24-13-9-17(10-14-24)23-20(21-5-2)22-11-8-16-6-7-18(25)19(15-16)26-3;/h4,6-7,15,17,25H,1,5,8-14H2,2-3H3,(H2,21,22,23);1H. The first-order chi connectivity index (χ1) is 12.7. The first kappa shape index (κ1) is 23.6. The number of halogens is 1. The van der Waals surface area contributed by atoms with Crippen LogP contribution < -0.4 is 15.4 Å². The zero-order chi connectivity index (χ0) is 18.8. The number of hydrogen-bond donors (Lipinski definition) is 3. The van der Waals surface area contributed by atoms with Crippen molar-refractivity contribution in [2.45, 2.75) is 32.2 Å². The largest absolute Gasteiger partial charge is 0.504 e. The molecule has 0 aliphatic carbocycles.